The molecule has 1 unspecified atom stereocenters. The van der Waals surface area contributed by atoms with E-state index < -0.39 is 0 Å². The Hall–Kier alpha value is -1.56. The Balaban J connectivity index is 1.63. The van der Waals surface area contributed by atoms with E-state index in [1.807, 2.05) is 30.3 Å². The molecule has 6 heteroatoms. The van der Waals surface area contributed by atoms with Crippen molar-refractivity contribution in [3.05, 3.63) is 65.2 Å². The fraction of sp³-hybridized carbons (Fsp3) is 0.263. The van der Waals surface area contributed by atoms with Crippen LogP contribution in [0.5, 0.6) is 0 Å². The maximum atomic E-state index is 5.94. The molecule has 0 radical (unpaired) electrons. The van der Waals surface area contributed by atoms with E-state index in [2.05, 4.69) is 41.4 Å². The first kappa shape index (κ1) is 18.2. The topological polar surface area (TPSA) is 27.6 Å². The van der Waals surface area contributed by atoms with Crippen molar-refractivity contribution in [2.75, 3.05) is 12.3 Å². The SMILES string of the molecule is CC1CSC(=Nc2ccc(Cl)cc2)N1C(=S)NCCc1ccccc1. The van der Waals surface area contributed by atoms with E-state index in [0.29, 0.717) is 11.1 Å². The number of aliphatic imine (C=N–C) groups is 1. The van der Waals surface area contributed by atoms with Crippen molar-refractivity contribution in [3.63, 3.8) is 0 Å². The second-order valence-corrected chi connectivity index (χ2v) is 7.68. The Morgan fingerprint density at radius 1 is 1.24 bits per heavy atom. The monoisotopic (exact) mass is 389 g/mol. The van der Waals surface area contributed by atoms with Crippen LogP contribution in [0.3, 0.4) is 0 Å². The summed E-state index contributed by atoms with van der Waals surface area (Å²) in [6.07, 6.45) is 0.944. The van der Waals surface area contributed by atoms with Crippen molar-refractivity contribution in [2.24, 2.45) is 4.99 Å². The van der Waals surface area contributed by atoms with Crippen LogP contribution in [0.4, 0.5) is 5.69 Å². The molecular weight excluding hydrogens is 370 g/mol. The molecule has 0 spiro atoms. The highest BCUT2D eigenvalue weighted by Gasteiger charge is 2.29. The summed E-state index contributed by atoms with van der Waals surface area (Å²) >= 11 is 13.3. The second-order valence-electron chi connectivity index (χ2n) is 5.87. The van der Waals surface area contributed by atoms with Gasteiger partial charge in [-0.05, 0) is 55.4 Å². The van der Waals surface area contributed by atoms with Gasteiger partial charge in [-0.25, -0.2) is 4.99 Å². The Kier molecular flexibility index (Phi) is 6.34. The first-order valence-corrected chi connectivity index (χ1v) is 9.99. The average Bonchev–Trinajstić information content (AvgIpc) is 2.98. The van der Waals surface area contributed by atoms with E-state index in [9.17, 15) is 0 Å². The third kappa shape index (κ3) is 4.97. The number of amidine groups is 1. The minimum absolute atomic E-state index is 0.327. The molecule has 3 nitrogen and oxygen atoms in total. The standard InChI is InChI=1S/C19H20ClN3S2/c1-14-13-25-19(22-17-9-7-16(20)8-10-17)23(14)18(24)21-12-11-15-5-3-2-4-6-15/h2-10,14H,11-13H2,1H3,(H,21,24). The van der Waals surface area contributed by atoms with Gasteiger partial charge in [-0.15, -0.1) is 0 Å². The smallest absolute Gasteiger partial charge is 0.175 e. The number of rotatable bonds is 4. The van der Waals surface area contributed by atoms with Gasteiger partial charge in [0.25, 0.3) is 0 Å². The van der Waals surface area contributed by atoms with Crippen molar-refractivity contribution in [1.29, 1.82) is 0 Å². The fourth-order valence-electron chi connectivity index (χ4n) is 2.57. The highest BCUT2D eigenvalue weighted by atomic mass is 35.5. The normalized spacial score (nSPS) is 18.6. The van der Waals surface area contributed by atoms with Crippen molar-refractivity contribution < 1.29 is 0 Å². The summed E-state index contributed by atoms with van der Waals surface area (Å²) in [7, 11) is 0. The maximum Gasteiger partial charge on any atom is 0.175 e. The molecule has 0 amide bonds. The minimum atomic E-state index is 0.327. The number of halogens is 1. The molecule has 1 aliphatic rings. The Bertz CT molecular complexity index is 747. The summed E-state index contributed by atoms with van der Waals surface area (Å²) in [4.78, 5) is 6.85. The lowest BCUT2D eigenvalue weighted by atomic mass is 10.1. The lowest BCUT2D eigenvalue weighted by molar-refractivity contribution is 0.518. The Morgan fingerprint density at radius 2 is 1.96 bits per heavy atom. The zero-order valence-corrected chi connectivity index (χ0v) is 16.4. The van der Waals surface area contributed by atoms with Gasteiger partial charge >= 0.3 is 0 Å². The molecule has 130 valence electrons. The Labute approximate surface area is 163 Å². The summed E-state index contributed by atoms with van der Waals surface area (Å²) in [5.74, 6) is 0.979. The number of hydrogen-bond acceptors (Lipinski definition) is 3. The molecule has 1 heterocycles. The number of hydrogen-bond donors (Lipinski definition) is 1. The zero-order valence-electron chi connectivity index (χ0n) is 14.0. The van der Waals surface area contributed by atoms with E-state index in [-0.39, 0.29) is 0 Å². The molecule has 1 N–H and O–H groups in total. The number of benzene rings is 2. The molecule has 1 aliphatic heterocycles. The molecule has 3 rings (SSSR count). The van der Waals surface area contributed by atoms with E-state index in [4.69, 9.17) is 28.8 Å². The van der Waals surface area contributed by atoms with Crippen LogP contribution >= 0.6 is 35.6 Å². The van der Waals surface area contributed by atoms with Gasteiger partial charge in [0.05, 0.1) is 5.69 Å². The van der Waals surface area contributed by atoms with Gasteiger partial charge in [0.15, 0.2) is 10.3 Å². The molecular formula is C19H20ClN3S2. The quantitative estimate of drug-likeness (QED) is 0.754. The summed E-state index contributed by atoms with van der Waals surface area (Å²) in [5, 5.41) is 5.76. The van der Waals surface area contributed by atoms with Crippen LogP contribution in [0.25, 0.3) is 0 Å². The second kappa shape index (κ2) is 8.70. The van der Waals surface area contributed by atoms with Gasteiger partial charge in [0, 0.05) is 23.4 Å². The number of thioether (sulfide) groups is 1. The lowest BCUT2D eigenvalue weighted by Gasteiger charge is -2.24. The third-order valence-electron chi connectivity index (χ3n) is 3.90. The van der Waals surface area contributed by atoms with Crippen LogP contribution in [0, 0.1) is 0 Å². The lowest BCUT2D eigenvalue weighted by Crippen LogP contribution is -2.44. The van der Waals surface area contributed by atoms with Crippen LogP contribution in [0.2, 0.25) is 5.02 Å². The highest BCUT2D eigenvalue weighted by molar-refractivity contribution is 8.14. The van der Waals surface area contributed by atoms with Crippen LogP contribution in [0.15, 0.2) is 59.6 Å². The van der Waals surface area contributed by atoms with E-state index in [1.54, 1.807) is 11.8 Å². The number of nitrogens with zero attached hydrogens (tertiary/aromatic N) is 2. The van der Waals surface area contributed by atoms with Crippen LogP contribution < -0.4 is 5.32 Å². The van der Waals surface area contributed by atoms with E-state index in [0.717, 1.165) is 34.7 Å². The summed E-state index contributed by atoms with van der Waals surface area (Å²) in [6.45, 7) is 2.98. The molecule has 1 fully saturated rings. The van der Waals surface area contributed by atoms with Gasteiger partial charge in [-0.2, -0.15) is 0 Å². The molecule has 0 bridgehead atoms. The molecule has 2 aromatic carbocycles. The van der Waals surface area contributed by atoms with Gasteiger partial charge in [0.2, 0.25) is 0 Å². The molecule has 25 heavy (non-hydrogen) atoms. The summed E-state index contributed by atoms with van der Waals surface area (Å²) < 4.78 is 0. The highest BCUT2D eigenvalue weighted by Crippen LogP contribution is 2.27. The van der Waals surface area contributed by atoms with Gasteiger partial charge in [0.1, 0.15) is 0 Å². The predicted molar refractivity (Wildman–Crippen MR) is 113 cm³/mol. The van der Waals surface area contributed by atoms with E-state index in [1.165, 1.54) is 5.56 Å². The summed E-state index contributed by atoms with van der Waals surface area (Å²) in [5.41, 5.74) is 2.19. The van der Waals surface area contributed by atoms with Crippen LogP contribution in [-0.2, 0) is 6.42 Å². The van der Waals surface area contributed by atoms with Gasteiger partial charge in [-0.1, -0.05) is 53.7 Å². The van der Waals surface area contributed by atoms with Crippen LogP contribution in [0.1, 0.15) is 12.5 Å². The number of nitrogens with one attached hydrogen (secondary N) is 1. The zero-order chi connectivity index (χ0) is 17.6. The minimum Gasteiger partial charge on any atom is -0.362 e. The largest absolute Gasteiger partial charge is 0.362 e. The molecule has 2 aromatic rings. The van der Waals surface area contributed by atoms with Gasteiger partial charge < -0.3 is 5.32 Å². The molecule has 1 saturated heterocycles. The van der Waals surface area contributed by atoms with E-state index >= 15 is 0 Å². The van der Waals surface area contributed by atoms with Crippen molar-refractivity contribution in [1.82, 2.24) is 10.2 Å². The van der Waals surface area contributed by atoms with Crippen molar-refractivity contribution in [3.8, 4) is 0 Å². The first-order chi connectivity index (χ1) is 12.1. The molecule has 0 aromatic heterocycles. The predicted octanol–water partition coefficient (Wildman–Crippen LogP) is 4.88. The molecule has 0 saturated carbocycles. The first-order valence-electron chi connectivity index (χ1n) is 8.21. The number of thiocarbonyl (C=S) groups is 1. The van der Waals surface area contributed by atoms with Crippen molar-refractivity contribution in [2.45, 2.75) is 19.4 Å². The fourth-order valence-corrected chi connectivity index (χ4v) is 4.24. The average molecular weight is 390 g/mol. The molecule has 0 aliphatic carbocycles. The van der Waals surface area contributed by atoms with Crippen molar-refractivity contribution >= 4 is 51.5 Å². The third-order valence-corrected chi connectivity index (χ3v) is 5.69. The van der Waals surface area contributed by atoms with Crippen LogP contribution in [-0.4, -0.2) is 33.5 Å². The maximum absolute atomic E-state index is 5.94. The van der Waals surface area contributed by atoms with Gasteiger partial charge in [-0.3, -0.25) is 4.90 Å². The summed E-state index contributed by atoms with van der Waals surface area (Å²) in [6, 6.07) is 18.3. The Morgan fingerprint density at radius 3 is 2.68 bits per heavy atom. The molecule has 1 atom stereocenters.